The van der Waals surface area contributed by atoms with E-state index < -0.39 is 0 Å². The molecular formula is C16H21NO3S. The van der Waals surface area contributed by atoms with Crippen LogP contribution in [0.2, 0.25) is 0 Å². The zero-order valence-corrected chi connectivity index (χ0v) is 13.6. The summed E-state index contributed by atoms with van der Waals surface area (Å²) in [5.41, 5.74) is 1.33. The smallest absolute Gasteiger partial charge is 0.341 e. The molecule has 0 bridgehead atoms. The minimum atomic E-state index is -0.387. The summed E-state index contributed by atoms with van der Waals surface area (Å²) in [4.78, 5) is 24.9. The number of rotatable bonds is 7. The van der Waals surface area contributed by atoms with Crippen LogP contribution in [-0.2, 0) is 9.53 Å². The second-order valence-corrected chi connectivity index (χ2v) is 5.89. The predicted molar refractivity (Wildman–Crippen MR) is 85.7 cm³/mol. The van der Waals surface area contributed by atoms with Gasteiger partial charge >= 0.3 is 5.97 Å². The highest BCUT2D eigenvalue weighted by molar-refractivity contribution is 7.16. The van der Waals surface area contributed by atoms with Crippen LogP contribution >= 0.6 is 11.3 Å². The number of amides is 1. The maximum atomic E-state index is 12.0. The number of hydrogen-bond donors (Lipinski definition) is 1. The summed E-state index contributed by atoms with van der Waals surface area (Å²) in [7, 11) is 0. The van der Waals surface area contributed by atoms with Gasteiger partial charge in [0.15, 0.2) is 0 Å². The van der Waals surface area contributed by atoms with Gasteiger partial charge in [0.2, 0.25) is 5.91 Å². The molecule has 21 heavy (non-hydrogen) atoms. The van der Waals surface area contributed by atoms with Gasteiger partial charge in [-0.05, 0) is 39.2 Å². The third kappa shape index (κ3) is 4.91. The van der Waals surface area contributed by atoms with Gasteiger partial charge in [-0.3, -0.25) is 4.79 Å². The standard InChI is InChI=1S/C16H21NO3S/c1-5-7-8-9-10-13(18)17-15-14(16(19)20-6-2)11(3)12(4)21-15/h1H,6-10H2,2-4H3,(H,17,18). The van der Waals surface area contributed by atoms with Crippen LogP contribution in [0.5, 0.6) is 0 Å². The minimum Gasteiger partial charge on any atom is -0.462 e. The summed E-state index contributed by atoms with van der Waals surface area (Å²) >= 11 is 1.40. The van der Waals surface area contributed by atoms with E-state index in [2.05, 4.69) is 11.2 Å². The summed E-state index contributed by atoms with van der Waals surface area (Å²) in [6.45, 7) is 5.86. The number of anilines is 1. The van der Waals surface area contributed by atoms with Gasteiger partial charge in [-0.2, -0.15) is 0 Å². The van der Waals surface area contributed by atoms with Crippen LogP contribution in [0, 0.1) is 26.2 Å². The van der Waals surface area contributed by atoms with E-state index in [1.54, 1.807) is 6.92 Å². The van der Waals surface area contributed by atoms with Gasteiger partial charge in [0.05, 0.1) is 12.2 Å². The fourth-order valence-corrected chi connectivity index (χ4v) is 2.93. The Labute approximate surface area is 129 Å². The van der Waals surface area contributed by atoms with E-state index in [1.807, 2.05) is 13.8 Å². The van der Waals surface area contributed by atoms with Crippen molar-refractivity contribution in [2.75, 3.05) is 11.9 Å². The number of ether oxygens (including phenoxy) is 1. The van der Waals surface area contributed by atoms with E-state index in [-0.39, 0.29) is 11.9 Å². The molecule has 1 amide bonds. The first-order valence-corrected chi connectivity index (χ1v) is 7.83. The molecule has 0 radical (unpaired) electrons. The van der Waals surface area contributed by atoms with Gasteiger partial charge in [0, 0.05) is 17.7 Å². The summed E-state index contributed by atoms with van der Waals surface area (Å²) in [5, 5.41) is 3.39. The monoisotopic (exact) mass is 307 g/mol. The second kappa shape index (κ2) is 8.48. The first kappa shape index (κ1) is 17.3. The van der Waals surface area contributed by atoms with E-state index in [0.29, 0.717) is 30.0 Å². The lowest BCUT2D eigenvalue weighted by molar-refractivity contribution is -0.116. The van der Waals surface area contributed by atoms with Gasteiger partial charge in [-0.25, -0.2) is 4.79 Å². The Morgan fingerprint density at radius 1 is 1.33 bits per heavy atom. The number of hydrogen-bond acceptors (Lipinski definition) is 4. The molecule has 1 heterocycles. The Kier molecular flexibility index (Phi) is 6.97. The van der Waals surface area contributed by atoms with E-state index in [1.165, 1.54) is 11.3 Å². The number of terminal acetylenes is 1. The lowest BCUT2D eigenvalue weighted by Crippen LogP contribution is -2.14. The van der Waals surface area contributed by atoms with Crippen molar-refractivity contribution in [1.82, 2.24) is 0 Å². The number of nitrogens with one attached hydrogen (secondary N) is 1. The van der Waals surface area contributed by atoms with E-state index in [4.69, 9.17) is 11.2 Å². The number of carbonyl (C=O) groups is 2. The van der Waals surface area contributed by atoms with Crippen molar-refractivity contribution in [2.45, 2.75) is 46.5 Å². The number of carbonyl (C=O) groups excluding carboxylic acids is 2. The molecule has 0 saturated carbocycles. The van der Waals surface area contributed by atoms with E-state index >= 15 is 0 Å². The molecular weight excluding hydrogens is 286 g/mol. The molecule has 0 unspecified atom stereocenters. The van der Waals surface area contributed by atoms with Crippen LogP contribution in [0.4, 0.5) is 5.00 Å². The normalized spacial score (nSPS) is 10.0. The Bertz CT molecular complexity index is 555. The van der Waals surface area contributed by atoms with Crippen LogP contribution in [0.25, 0.3) is 0 Å². The second-order valence-electron chi connectivity index (χ2n) is 4.67. The quantitative estimate of drug-likeness (QED) is 0.475. The molecule has 5 heteroatoms. The van der Waals surface area contributed by atoms with Gasteiger partial charge in [0.1, 0.15) is 5.00 Å². The molecule has 114 valence electrons. The molecule has 1 rings (SSSR count). The van der Waals surface area contributed by atoms with Crippen molar-refractivity contribution in [3.05, 3.63) is 16.0 Å². The third-order valence-corrected chi connectivity index (χ3v) is 4.22. The fourth-order valence-electron chi connectivity index (χ4n) is 1.87. The average molecular weight is 307 g/mol. The third-order valence-electron chi connectivity index (χ3n) is 3.09. The predicted octanol–water partition coefficient (Wildman–Crippen LogP) is 3.67. The Morgan fingerprint density at radius 2 is 2.05 bits per heavy atom. The average Bonchev–Trinajstić information content (AvgIpc) is 2.70. The topological polar surface area (TPSA) is 55.4 Å². The highest BCUT2D eigenvalue weighted by atomic mass is 32.1. The van der Waals surface area contributed by atoms with Crippen LogP contribution in [0.15, 0.2) is 0 Å². The molecule has 0 aliphatic rings. The van der Waals surface area contributed by atoms with Crippen LogP contribution in [0.1, 0.15) is 53.4 Å². The zero-order valence-electron chi connectivity index (χ0n) is 12.7. The molecule has 1 N–H and O–H groups in total. The van der Waals surface area contributed by atoms with Crippen LogP contribution in [0.3, 0.4) is 0 Å². The molecule has 0 spiro atoms. The van der Waals surface area contributed by atoms with Crippen molar-refractivity contribution in [3.8, 4) is 12.3 Å². The van der Waals surface area contributed by atoms with Gasteiger partial charge in [0.25, 0.3) is 0 Å². The molecule has 1 aromatic heterocycles. The van der Waals surface area contributed by atoms with Gasteiger partial charge in [-0.15, -0.1) is 23.7 Å². The maximum Gasteiger partial charge on any atom is 0.341 e. The Hall–Kier alpha value is -1.80. The first-order chi connectivity index (χ1) is 10.0. The Morgan fingerprint density at radius 3 is 2.67 bits per heavy atom. The molecule has 4 nitrogen and oxygen atoms in total. The molecule has 0 aliphatic heterocycles. The SMILES string of the molecule is C#CCCCCC(=O)Nc1sc(C)c(C)c1C(=O)OCC. The molecule has 0 aliphatic carbocycles. The van der Waals surface area contributed by atoms with Gasteiger partial charge in [-0.1, -0.05) is 0 Å². The summed E-state index contributed by atoms with van der Waals surface area (Å²) < 4.78 is 5.05. The van der Waals surface area contributed by atoms with Gasteiger partial charge < -0.3 is 10.1 Å². The van der Waals surface area contributed by atoms with Crippen molar-refractivity contribution < 1.29 is 14.3 Å². The lowest BCUT2D eigenvalue weighted by Gasteiger charge is -2.07. The molecule has 0 saturated heterocycles. The fraction of sp³-hybridized carbons (Fsp3) is 0.500. The number of unbranched alkanes of at least 4 members (excludes halogenated alkanes) is 2. The van der Waals surface area contributed by atoms with Crippen molar-refractivity contribution in [3.63, 3.8) is 0 Å². The first-order valence-electron chi connectivity index (χ1n) is 7.01. The summed E-state index contributed by atoms with van der Waals surface area (Å²) in [5.74, 6) is 2.06. The van der Waals surface area contributed by atoms with E-state index in [0.717, 1.165) is 23.3 Å². The van der Waals surface area contributed by atoms with Crippen LogP contribution < -0.4 is 5.32 Å². The zero-order chi connectivity index (χ0) is 15.8. The van der Waals surface area contributed by atoms with Crippen molar-refractivity contribution in [1.29, 1.82) is 0 Å². The number of esters is 1. The minimum absolute atomic E-state index is 0.0983. The Balaban J connectivity index is 2.74. The van der Waals surface area contributed by atoms with E-state index in [9.17, 15) is 9.59 Å². The molecule has 1 aromatic rings. The number of thiophene rings is 1. The maximum absolute atomic E-state index is 12.0. The summed E-state index contributed by atoms with van der Waals surface area (Å²) in [6.07, 6.45) is 7.83. The lowest BCUT2D eigenvalue weighted by atomic mass is 10.1. The van der Waals surface area contributed by atoms with Crippen molar-refractivity contribution in [2.24, 2.45) is 0 Å². The summed E-state index contributed by atoms with van der Waals surface area (Å²) in [6, 6.07) is 0. The molecule has 0 fully saturated rings. The largest absolute Gasteiger partial charge is 0.462 e. The van der Waals surface area contributed by atoms with Crippen LogP contribution in [-0.4, -0.2) is 18.5 Å². The molecule has 0 aromatic carbocycles. The highest BCUT2D eigenvalue weighted by Crippen LogP contribution is 2.33. The molecule has 0 atom stereocenters. The number of aryl methyl sites for hydroxylation is 1. The van der Waals surface area contributed by atoms with Crippen molar-refractivity contribution >= 4 is 28.2 Å². The highest BCUT2D eigenvalue weighted by Gasteiger charge is 2.21.